The van der Waals surface area contributed by atoms with Crippen molar-refractivity contribution in [3.05, 3.63) is 58.3 Å². The smallest absolute Gasteiger partial charge is 0.261 e. The average Bonchev–Trinajstić information content (AvgIpc) is 3.14. The first kappa shape index (κ1) is 19.1. The molecule has 2 aromatic rings. The lowest BCUT2D eigenvalue weighted by Crippen LogP contribution is -2.34. The van der Waals surface area contributed by atoms with Crippen LogP contribution in [0, 0.1) is 0 Å². The zero-order valence-electron chi connectivity index (χ0n) is 14.7. The fourth-order valence-electron chi connectivity index (χ4n) is 2.52. The van der Waals surface area contributed by atoms with Crippen LogP contribution >= 0.6 is 11.3 Å². The Morgan fingerprint density at radius 2 is 1.84 bits per heavy atom. The highest BCUT2D eigenvalue weighted by molar-refractivity contribution is 7.12. The number of hydrogen-bond acceptors (Lipinski definition) is 4. The number of amides is 2. The van der Waals surface area contributed by atoms with E-state index >= 15 is 0 Å². The van der Waals surface area contributed by atoms with Crippen LogP contribution in [0.1, 0.15) is 34.1 Å². The molecule has 1 atom stereocenters. The Hall–Kier alpha value is -2.18. The van der Waals surface area contributed by atoms with Crippen LogP contribution in [0.25, 0.3) is 0 Å². The quantitative estimate of drug-likeness (QED) is 0.677. The highest BCUT2D eigenvalue weighted by Gasteiger charge is 2.14. The van der Waals surface area contributed by atoms with Crippen molar-refractivity contribution < 1.29 is 9.59 Å². The fourth-order valence-corrected chi connectivity index (χ4v) is 3.16. The van der Waals surface area contributed by atoms with Gasteiger partial charge in [-0.05, 0) is 37.5 Å². The van der Waals surface area contributed by atoms with Gasteiger partial charge in [0.1, 0.15) is 0 Å². The number of hydrogen-bond donors (Lipinski definition) is 2. The third kappa shape index (κ3) is 6.32. The van der Waals surface area contributed by atoms with Crippen LogP contribution in [0.5, 0.6) is 0 Å². The molecule has 0 aliphatic heterocycles. The second-order valence-corrected chi connectivity index (χ2v) is 6.98. The standard InChI is InChI=1S/C19H25N3O2S/c1-22(2)16(15-8-4-3-5-9-15)14-21-18(23)11-6-12-20-19(24)17-10-7-13-25-17/h3-5,7-10,13,16H,6,11-12,14H2,1-2H3,(H,20,24)(H,21,23). The molecule has 25 heavy (non-hydrogen) atoms. The number of thiophene rings is 1. The van der Waals surface area contributed by atoms with Crippen molar-refractivity contribution in [2.45, 2.75) is 18.9 Å². The second-order valence-electron chi connectivity index (χ2n) is 6.03. The van der Waals surface area contributed by atoms with E-state index in [1.165, 1.54) is 16.9 Å². The van der Waals surface area contributed by atoms with Crippen molar-refractivity contribution in [1.29, 1.82) is 0 Å². The monoisotopic (exact) mass is 359 g/mol. The highest BCUT2D eigenvalue weighted by atomic mass is 32.1. The molecule has 2 rings (SSSR count). The number of benzene rings is 1. The molecule has 0 bridgehead atoms. The number of carbonyl (C=O) groups excluding carboxylic acids is 2. The fraction of sp³-hybridized carbons (Fsp3) is 0.368. The normalized spacial score (nSPS) is 12.0. The highest BCUT2D eigenvalue weighted by Crippen LogP contribution is 2.16. The molecule has 0 saturated carbocycles. The van der Waals surface area contributed by atoms with Crippen LogP contribution in [0.2, 0.25) is 0 Å². The van der Waals surface area contributed by atoms with Gasteiger partial charge in [0.25, 0.3) is 5.91 Å². The van der Waals surface area contributed by atoms with Crippen molar-refractivity contribution >= 4 is 23.2 Å². The molecule has 0 fully saturated rings. The van der Waals surface area contributed by atoms with Crippen molar-refractivity contribution in [3.8, 4) is 0 Å². The molecule has 0 saturated heterocycles. The van der Waals surface area contributed by atoms with E-state index < -0.39 is 0 Å². The van der Waals surface area contributed by atoms with Crippen molar-refractivity contribution in [1.82, 2.24) is 15.5 Å². The molecular formula is C19H25N3O2S. The maximum atomic E-state index is 12.0. The Labute approximate surface area is 153 Å². The van der Waals surface area contributed by atoms with E-state index in [9.17, 15) is 9.59 Å². The molecule has 1 unspecified atom stereocenters. The molecule has 6 heteroatoms. The topological polar surface area (TPSA) is 61.4 Å². The molecule has 1 aromatic heterocycles. The molecule has 1 aromatic carbocycles. The Kier molecular flexibility index (Phi) is 7.63. The zero-order chi connectivity index (χ0) is 18.1. The van der Waals surface area contributed by atoms with Crippen molar-refractivity contribution in [2.24, 2.45) is 0 Å². The maximum absolute atomic E-state index is 12.0. The Balaban J connectivity index is 1.68. The van der Waals surface area contributed by atoms with Gasteiger partial charge in [0.2, 0.25) is 5.91 Å². The summed E-state index contributed by atoms with van der Waals surface area (Å²) in [4.78, 5) is 26.6. The van der Waals surface area contributed by atoms with Crippen LogP contribution in [0.15, 0.2) is 47.8 Å². The van der Waals surface area contributed by atoms with Gasteiger partial charge < -0.3 is 15.5 Å². The van der Waals surface area contributed by atoms with Gasteiger partial charge in [0.05, 0.1) is 10.9 Å². The molecule has 0 aliphatic carbocycles. The van der Waals surface area contributed by atoms with Crippen molar-refractivity contribution in [3.63, 3.8) is 0 Å². The summed E-state index contributed by atoms with van der Waals surface area (Å²) in [6, 6.07) is 13.9. The number of carbonyl (C=O) groups is 2. The second kappa shape index (κ2) is 9.96. The van der Waals surface area contributed by atoms with Gasteiger partial charge in [-0.3, -0.25) is 9.59 Å². The summed E-state index contributed by atoms with van der Waals surface area (Å²) >= 11 is 1.41. The lowest BCUT2D eigenvalue weighted by Gasteiger charge is -2.25. The van der Waals surface area contributed by atoms with E-state index in [0.717, 1.165) is 0 Å². The molecule has 2 N–H and O–H groups in total. The van der Waals surface area contributed by atoms with E-state index in [1.807, 2.05) is 43.7 Å². The van der Waals surface area contributed by atoms with Crippen LogP contribution in [-0.2, 0) is 4.79 Å². The molecule has 5 nitrogen and oxygen atoms in total. The summed E-state index contributed by atoms with van der Waals surface area (Å²) in [7, 11) is 4.01. The molecule has 0 radical (unpaired) electrons. The molecule has 1 heterocycles. The van der Waals surface area contributed by atoms with E-state index in [0.29, 0.717) is 30.8 Å². The van der Waals surface area contributed by atoms with Gasteiger partial charge in [-0.1, -0.05) is 36.4 Å². The minimum absolute atomic E-state index is 0.00755. The molecule has 0 aliphatic rings. The lowest BCUT2D eigenvalue weighted by molar-refractivity contribution is -0.121. The third-order valence-corrected chi connectivity index (χ3v) is 4.78. The van der Waals surface area contributed by atoms with E-state index in [1.54, 1.807) is 6.07 Å². The van der Waals surface area contributed by atoms with Gasteiger partial charge in [0, 0.05) is 19.5 Å². The largest absolute Gasteiger partial charge is 0.354 e. The number of nitrogens with zero attached hydrogens (tertiary/aromatic N) is 1. The average molecular weight is 359 g/mol. The van der Waals surface area contributed by atoms with E-state index in [2.05, 4.69) is 27.7 Å². The molecule has 0 spiro atoms. The lowest BCUT2D eigenvalue weighted by atomic mass is 10.1. The Bertz CT molecular complexity index is 657. The van der Waals surface area contributed by atoms with Crippen molar-refractivity contribution in [2.75, 3.05) is 27.2 Å². The summed E-state index contributed by atoms with van der Waals surface area (Å²) in [6.45, 7) is 1.07. The number of likely N-dealkylation sites (N-methyl/N-ethyl adjacent to an activating group) is 1. The first-order valence-electron chi connectivity index (χ1n) is 8.37. The van der Waals surface area contributed by atoms with E-state index in [4.69, 9.17) is 0 Å². The minimum atomic E-state index is -0.0767. The minimum Gasteiger partial charge on any atom is -0.354 e. The SMILES string of the molecule is CN(C)C(CNC(=O)CCCNC(=O)c1cccs1)c1ccccc1. The first-order chi connectivity index (χ1) is 12.1. The van der Waals surface area contributed by atoms with Gasteiger partial charge in [0.15, 0.2) is 0 Å². The van der Waals surface area contributed by atoms with Crippen LogP contribution in [0.3, 0.4) is 0 Å². The summed E-state index contributed by atoms with van der Waals surface area (Å²) in [6.07, 6.45) is 1.03. The van der Waals surface area contributed by atoms with Gasteiger partial charge in [-0.2, -0.15) is 0 Å². The van der Waals surface area contributed by atoms with Gasteiger partial charge in [-0.15, -0.1) is 11.3 Å². The third-order valence-electron chi connectivity index (χ3n) is 3.91. The molecular weight excluding hydrogens is 334 g/mol. The van der Waals surface area contributed by atoms with Gasteiger partial charge in [-0.25, -0.2) is 0 Å². The number of rotatable bonds is 9. The zero-order valence-corrected chi connectivity index (χ0v) is 15.5. The summed E-state index contributed by atoms with van der Waals surface area (Å²) in [5.41, 5.74) is 1.18. The summed E-state index contributed by atoms with van der Waals surface area (Å²) in [5.74, 6) is -0.0692. The van der Waals surface area contributed by atoms with Crippen LogP contribution in [-0.4, -0.2) is 43.9 Å². The maximum Gasteiger partial charge on any atom is 0.261 e. The first-order valence-corrected chi connectivity index (χ1v) is 9.25. The number of nitrogens with one attached hydrogen (secondary N) is 2. The van der Waals surface area contributed by atoms with Crippen LogP contribution < -0.4 is 10.6 Å². The molecule has 134 valence electrons. The van der Waals surface area contributed by atoms with Gasteiger partial charge >= 0.3 is 0 Å². The predicted octanol–water partition coefficient (Wildman–Crippen LogP) is 2.68. The predicted molar refractivity (Wildman–Crippen MR) is 102 cm³/mol. The summed E-state index contributed by atoms with van der Waals surface area (Å²) < 4.78 is 0. The summed E-state index contributed by atoms with van der Waals surface area (Å²) in [5, 5.41) is 7.69. The Morgan fingerprint density at radius 1 is 1.08 bits per heavy atom. The van der Waals surface area contributed by atoms with E-state index in [-0.39, 0.29) is 17.9 Å². The Morgan fingerprint density at radius 3 is 2.48 bits per heavy atom. The molecule has 2 amide bonds. The van der Waals surface area contributed by atoms with Crippen LogP contribution in [0.4, 0.5) is 0 Å².